The molecular formula is C4H10N2O3. The van der Waals surface area contributed by atoms with Crippen LogP contribution in [0.25, 0.3) is 0 Å². The number of hydrazine groups is 1. The van der Waals surface area contributed by atoms with Crippen LogP contribution in [0.2, 0.25) is 0 Å². The Kier molecular flexibility index (Phi) is 2.94. The largest absolute Gasteiger partial charge is 0.369 e. The second-order valence-corrected chi connectivity index (χ2v) is 1.63. The first-order valence-electron chi connectivity index (χ1n) is 2.68. The third kappa shape index (κ3) is 2.27. The Morgan fingerprint density at radius 1 is 1.89 bits per heavy atom. The highest BCUT2D eigenvalue weighted by Gasteiger charge is 2.16. The van der Waals surface area contributed by atoms with Gasteiger partial charge >= 0.3 is 0 Å². The Hall–Kier alpha value is -0.840. The Balaban J connectivity index is 3.83. The van der Waals surface area contributed by atoms with Crippen molar-refractivity contribution in [1.29, 1.82) is 0 Å². The third-order valence-electron chi connectivity index (χ3n) is 0.965. The van der Waals surface area contributed by atoms with Gasteiger partial charge in [-0.2, -0.15) is 0 Å². The van der Waals surface area contributed by atoms with E-state index in [2.05, 4.69) is 0 Å². The van der Waals surface area contributed by atoms with Crippen molar-refractivity contribution in [3.63, 3.8) is 0 Å². The summed E-state index contributed by atoms with van der Waals surface area (Å²) in [4.78, 5) is 9.94. The van der Waals surface area contributed by atoms with E-state index in [1.807, 2.05) is 0 Å². The Morgan fingerprint density at radius 2 is 2.33 bits per heavy atom. The molecule has 0 amide bonds. The van der Waals surface area contributed by atoms with Gasteiger partial charge in [0.1, 0.15) is 0 Å². The monoisotopic (exact) mass is 134 g/mol. The van der Waals surface area contributed by atoms with Gasteiger partial charge in [0.15, 0.2) is 11.3 Å². The number of aliphatic hydroxyl groups excluding tert-OH is 1. The van der Waals surface area contributed by atoms with Crippen molar-refractivity contribution >= 4 is 0 Å². The van der Waals surface area contributed by atoms with Gasteiger partial charge in [-0.3, -0.25) is 0 Å². The van der Waals surface area contributed by atoms with E-state index in [1.165, 1.54) is 6.92 Å². The van der Waals surface area contributed by atoms with Gasteiger partial charge in [0.25, 0.3) is 0 Å². The molecule has 0 aliphatic rings. The Morgan fingerprint density at radius 3 is 2.33 bits per heavy atom. The summed E-state index contributed by atoms with van der Waals surface area (Å²) in [6.07, 6.45) is -1.01. The maximum Gasteiger partial charge on any atom is 0.181 e. The van der Waals surface area contributed by atoms with E-state index < -0.39 is 11.3 Å². The van der Waals surface area contributed by atoms with Crippen LogP contribution < -0.4 is 0 Å². The lowest BCUT2D eigenvalue weighted by molar-refractivity contribution is -0.673. The summed E-state index contributed by atoms with van der Waals surface area (Å²) >= 11 is 0. The fourth-order valence-electron chi connectivity index (χ4n) is 0.516. The molecule has 0 fully saturated rings. The summed E-state index contributed by atoms with van der Waals surface area (Å²) in [5.41, 5.74) is 0. The molecule has 0 rings (SSSR count). The molecule has 0 radical (unpaired) electrons. The second-order valence-electron chi connectivity index (χ2n) is 1.63. The molecule has 9 heavy (non-hydrogen) atoms. The number of nitro groups is 1. The van der Waals surface area contributed by atoms with E-state index in [1.54, 1.807) is 6.92 Å². The topological polar surface area (TPSA) is 66.6 Å². The van der Waals surface area contributed by atoms with Crippen LogP contribution in [0.4, 0.5) is 0 Å². The van der Waals surface area contributed by atoms with Crippen molar-refractivity contribution in [1.82, 2.24) is 5.01 Å². The molecule has 0 spiro atoms. The molecule has 1 atom stereocenters. The smallest absolute Gasteiger partial charge is 0.181 e. The minimum absolute atomic E-state index is 0.213. The Bertz CT molecular complexity index is 104. The predicted octanol–water partition coefficient (Wildman–Crippen LogP) is -0.162. The molecule has 0 heterocycles. The van der Waals surface area contributed by atoms with Gasteiger partial charge < -0.3 is 5.11 Å². The molecule has 0 saturated heterocycles. The lowest BCUT2D eigenvalue weighted by Crippen LogP contribution is -2.37. The van der Waals surface area contributed by atoms with Gasteiger partial charge in [0.2, 0.25) is 0 Å². The van der Waals surface area contributed by atoms with Gasteiger partial charge in [-0.05, 0) is 13.8 Å². The van der Waals surface area contributed by atoms with Crippen LogP contribution in [0.3, 0.4) is 0 Å². The van der Waals surface area contributed by atoms with Crippen molar-refractivity contribution in [3.05, 3.63) is 10.1 Å². The van der Waals surface area contributed by atoms with Crippen molar-refractivity contribution in [2.45, 2.75) is 20.1 Å². The van der Waals surface area contributed by atoms with Gasteiger partial charge in [-0.15, -0.1) is 5.01 Å². The number of hydrogen-bond donors (Lipinski definition) is 1. The van der Waals surface area contributed by atoms with E-state index in [0.29, 0.717) is 0 Å². The first-order valence-corrected chi connectivity index (χ1v) is 2.68. The molecule has 0 aromatic heterocycles. The van der Waals surface area contributed by atoms with Gasteiger partial charge in [-0.25, -0.2) is 10.1 Å². The molecule has 0 aliphatic heterocycles. The standard InChI is InChI=1S/C4H10N2O3/c1-3-5(4(2)7)6(8)9/h4,7H,3H2,1-2H3. The van der Waals surface area contributed by atoms with Crippen molar-refractivity contribution in [3.8, 4) is 0 Å². The van der Waals surface area contributed by atoms with Crippen LogP contribution >= 0.6 is 0 Å². The number of nitrogens with zero attached hydrogens (tertiary/aromatic N) is 2. The molecule has 1 N–H and O–H groups in total. The van der Waals surface area contributed by atoms with E-state index >= 15 is 0 Å². The quantitative estimate of drug-likeness (QED) is 0.331. The maximum absolute atomic E-state index is 9.94. The van der Waals surface area contributed by atoms with Crippen LogP contribution in [-0.4, -0.2) is 27.9 Å². The van der Waals surface area contributed by atoms with Gasteiger partial charge in [0, 0.05) is 0 Å². The lowest BCUT2D eigenvalue weighted by Gasteiger charge is -2.13. The zero-order chi connectivity index (χ0) is 7.44. The summed E-state index contributed by atoms with van der Waals surface area (Å²) < 4.78 is 0. The summed E-state index contributed by atoms with van der Waals surface area (Å²) in [6, 6.07) is 0. The number of rotatable bonds is 3. The van der Waals surface area contributed by atoms with E-state index in [-0.39, 0.29) is 6.54 Å². The highest BCUT2D eigenvalue weighted by Crippen LogP contribution is 1.92. The number of aliphatic hydroxyl groups is 1. The highest BCUT2D eigenvalue weighted by molar-refractivity contribution is 4.37. The SMILES string of the molecule is CCN(C(C)O)[N+](=O)[O-]. The van der Waals surface area contributed by atoms with Crippen LogP contribution in [0.5, 0.6) is 0 Å². The normalized spacial score (nSPS) is 12.8. The fraction of sp³-hybridized carbons (Fsp3) is 1.00. The summed E-state index contributed by atoms with van der Waals surface area (Å²) in [5.74, 6) is 0. The molecule has 5 nitrogen and oxygen atoms in total. The zero-order valence-corrected chi connectivity index (χ0v) is 5.44. The maximum atomic E-state index is 9.94. The van der Waals surface area contributed by atoms with Crippen molar-refractivity contribution in [2.24, 2.45) is 0 Å². The van der Waals surface area contributed by atoms with E-state index in [0.717, 1.165) is 5.01 Å². The highest BCUT2D eigenvalue weighted by atomic mass is 16.7. The van der Waals surface area contributed by atoms with E-state index in [4.69, 9.17) is 5.11 Å². The molecule has 0 saturated carbocycles. The molecule has 54 valence electrons. The Labute approximate surface area is 53.0 Å². The number of hydrogen-bond acceptors (Lipinski definition) is 3. The molecule has 1 unspecified atom stereocenters. The minimum atomic E-state index is -1.01. The van der Waals surface area contributed by atoms with Gasteiger partial charge in [0.05, 0.1) is 6.54 Å². The second kappa shape index (κ2) is 3.24. The first-order chi connectivity index (χ1) is 4.09. The van der Waals surface area contributed by atoms with Crippen molar-refractivity contribution in [2.75, 3.05) is 6.54 Å². The van der Waals surface area contributed by atoms with Crippen LogP contribution in [-0.2, 0) is 0 Å². The molecule has 5 heteroatoms. The molecule has 0 bridgehead atoms. The van der Waals surface area contributed by atoms with Gasteiger partial charge in [-0.1, -0.05) is 0 Å². The summed E-state index contributed by atoms with van der Waals surface area (Å²) in [7, 11) is 0. The third-order valence-corrected chi connectivity index (χ3v) is 0.965. The predicted molar refractivity (Wildman–Crippen MR) is 31.1 cm³/mol. The first kappa shape index (κ1) is 8.16. The van der Waals surface area contributed by atoms with Crippen molar-refractivity contribution < 1.29 is 10.1 Å². The molecule has 0 aliphatic carbocycles. The summed E-state index contributed by atoms with van der Waals surface area (Å²) in [5, 5.41) is 18.7. The van der Waals surface area contributed by atoms with E-state index in [9.17, 15) is 10.1 Å². The zero-order valence-electron chi connectivity index (χ0n) is 5.44. The average molecular weight is 134 g/mol. The minimum Gasteiger partial charge on any atom is -0.369 e. The fourth-order valence-corrected chi connectivity index (χ4v) is 0.516. The average Bonchev–Trinajstić information content (AvgIpc) is 1.64. The molecular weight excluding hydrogens is 124 g/mol. The van der Waals surface area contributed by atoms with Crippen LogP contribution in [0.15, 0.2) is 0 Å². The van der Waals surface area contributed by atoms with Crippen LogP contribution in [0, 0.1) is 10.1 Å². The molecule has 0 aromatic carbocycles. The summed E-state index contributed by atoms with van der Waals surface area (Å²) in [6.45, 7) is 3.17. The molecule has 0 aromatic rings. The van der Waals surface area contributed by atoms with Crippen LogP contribution in [0.1, 0.15) is 13.8 Å². The lowest BCUT2D eigenvalue weighted by atomic mass is 10.6.